The normalized spacial score (nSPS) is 14.2. The van der Waals surface area contributed by atoms with Gasteiger partial charge in [-0.05, 0) is 56.0 Å². The SMILES string of the molecule is C#Cc1c(F)cccc1/C(C=C)=C/C1=C(N(C)/C(C=NC(=C)C)=C/C)CCc2cccnc21. The maximum Gasteiger partial charge on any atom is 0.139 e. The minimum absolute atomic E-state index is 0.221. The van der Waals surface area contributed by atoms with Crippen LogP contribution in [0.25, 0.3) is 11.1 Å². The second-order valence-electron chi connectivity index (χ2n) is 7.75. The van der Waals surface area contributed by atoms with Gasteiger partial charge in [0.15, 0.2) is 0 Å². The maximum atomic E-state index is 14.4. The van der Waals surface area contributed by atoms with E-state index in [0.717, 1.165) is 46.8 Å². The number of pyridine rings is 1. The van der Waals surface area contributed by atoms with Gasteiger partial charge in [-0.3, -0.25) is 9.98 Å². The summed E-state index contributed by atoms with van der Waals surface area (Å²) in [4.78, 5) is 11.2. The number of hydrogen-bond donors (Lipinski definition) is 0. The number of terminal acetylenes is 1. The van der Waals surface area contributed by atoms with E-state index >= 15 is 0 Å². The number of aliphatic imine (C=N–C) groups is 1. The molecule has 4 heteroatoms. The zero-order valence-electron chi connectivity index (χ0n) is 19.4. The molecule has 0 radical (unpaired) electrons. The van der Waals surface area contributed by atoms with E-state index in [4.69, 9.17) is 6.42 Å². The third-order valence-electron chi connectivity index (χ3n) is 5.58. The Hall–Kier alpha value is -3.97. The van der Waals surface area contributed by atoms with Gasteiger partial charge >= 0.3 is 0 Å². The third kappa shape index (κ3) is 5.10. The van der Waals surface area contributed by atoms with Crippen molar-refractivity contribution in [2.24, 2.45) is 4.99 Å². The lowest BCUT2D eigenvalue weighted by atomic mass is 9.89. The lowest BCUT2D eigenvalue weighted by Gasteiger charge is -2.30. The molecular weight excluding hydrogens is 409 g/mol. The Balaban J connectivity index is 2.25. The summed E-state index contributed by atoms with van der Waals surface area (Å²) < 4.78 is 14.4. The molecule has 0 saturated carbocycles. The first-order chi connectivity index (χ1) is 15.9. The average molecular weight is 438 g/mol. The molecule has 0 bridgehead atoms. The van der Waals surface area contributed by atoms with E-state index in [1.807, 2.05) is 51.4 Å². The summed E-state index contributed by atoms with van der Waals surface area (Å²) in [6.07, 6.45) is 16.6. The van der Waals surface area contributed by atoms with E-state index in [0.29, 0.717) is 5.56 Å². The minimum atomic E-state index is -0.427. The Kier molecular flexibility index (Phi) is 7.58. The van der Waals surface area contributed by atoms with Crippen LogP contribution in [0.15, 0.2) is 90.0 Å². The number of fused-ring (bicyclic) bond motifs is 1. The number of aryl methyl sites for hydroxylation is 1. The smallest absolute Gasteiger partial charge is 0.139 e. The first-order valence-electron chi connectivity index (χ1n) is 10.8. The molecule has 1 aliphatic carbocycles. The van der Waals surface area contributed by atoms with E-state index < -0.39 is 5.82 Å². The Morgan fingerprint density at radius 1 is 1.27 bits per heavy atom. The fourth-order valence-electron chi connectivity index (χ4n) is 3.91. The quantitative estimate of drug-likeness (QED) is 0.278. The molecule has 1 aliphatic rings. The molecule has 33 heavy (non-hydrogen) atoms. The lowest BCUT2D eigenvalue weighted by Crippen LogP contribution is -2.23. The Labute approximate surface area is 196 Å². The van der Waals surface area contributed by atoms with Crippen LogP contribution in [0, 0.1) is 18.2 Å². The summed E-state index contributed by atoms with van der Waals surface area (Å²) in [7, 11) is 2.01. The first-order valence-corrected chi connectivity index (χ1v) is 10.8. The van der Waals surface area contributed by atoms with Crippen molar-refractivity contribution in [2.45, 2.75) is 26.7 Å². The fraction of sp³-hybridized carbons (Fsp3) is 0.172. The molecule has 1 aromatic carbocycles. The molecule has 1 heterocycles. The van der Waals surface area contributed by atoms with Crippen molar-refractivity contribution in [1.29, 1.82) is 0 Å². The minimum Gasteiger partial charge on any atom is -0.347 e. The summed E-state index contributed by atoms with van der Waals surface area (Å²) in [5, 5.41) is 0. The molecule has 0 aliphatic heterocycles. The van der Waals surface area contributed by atoms with Crippen LogP contribution in [0.1, 0.15) is 42.7 Å². The zero-order chi connectivity index (χ0) is 24.0. The van der Waals surface area contributed by atoms with Crippen LogP contribution < -0.4 is 0 Å². The number of benzene rings is 1. The van der Waals surface area contributed by atoms with Gasteiger partial charge in [-0.25, -0.2) is 4.39 Å². The highest BCUT2D eigenvalue weighted by Gasteiger charge is 2.23. The van der Waals surface area contributed by atoms with Crippen LogP contribution in [-0.4, -0.2) is 23.1 Å². The van der Waals surface area contributed by atoms with Crippen LogP contribution in [0.4, 0.5) is 4.39 Å². The number of allylic oxidation sites excluding steroid dienone is 8. The molecule has 0 unspecified atom stereocenters. The molecule has 166 valence electrons. The Bertz CT molecular complexity index is 1250. The fourth-order valence-corrected chi connectivity index (χ4v) is 3.91. The van der Waals surface area contributed by atoms with Crippen molar-refractivity contribution in [3.05, 3.63) is 113 Å². The highest BCUT2D eigenvalue weighted by Crippen LogP contribution is 2.36. The van der Waals surface area contributed by atoms with Gasteiger partial charge in [0, 0.05) is 35.8 Å². The molecule has 0 atom stereocenters. The van der Waals surface area contributed by atoms with Gasteiger partial charge in [0.25, 0.3) is 0 Å². The van der Waals surface area contributed by atoms with E-state index in [1.54, 1.807) is 18.3 Å². The molecule has 3 nitrogen and oxygen atoms in total. The van der Waals surface area contributed by atoms with Crippen molar-refractivity contribution >= 4 is 17.4 Å². The zero-order valence-corrected chi connectivity index (χ0v) is 19.4. The number of halogens is 1. The van der Waals surface area contributed by atoms with Crippen LogP contribution in [0.5, 0.6) is 0 Å². The van der Waals surface area contributed by atoms with Crippen LogP contribution in [0.2, 0.25) is 0 Å². The van der Waals surface area contributed by atoms with Crippen LogP contribution in [-0.2, 0) is 6.42 Å². The first kappa shape index (κ1) is 23.7. The van der Waals surface area contributed by atoms with Gasteiger partial charge in [-0.2, -0.15) is 0 Å². The monoisotopic (exact) mass is 437 g/mol. The van der Waals surface area contributed by atoms with Gasteiger partial charge in [0.2, 0.25) is 0 Å². The van der Waals surface area contributed by atoms with Gasteiger partial charge in [0.05, 0.1) is 23.2 Å². The largest absolute Gasteiger partial charge is 0.347 e. The lowest BCUT2D eigenvalue weighted by molar-refractivity contribution is 0.516. The second-order valence-corrected chi connectivity index (χ2v) is 7.75. The molecule has 0 N–H and O–H groups in total. The van der Waals surface area contributed by atoms with Crippen LogP contribution >= 0.6 is 0 Å². The van der Waals surface area contributed by atoms with Crippen molar-refractivity contribution in [3.8, 4) is 12.3 Å². The highest BCUT2D eigenvalue weighted by atomic mass is 19.1. The number of aromatic nitrogens is 1. The summed E-state index contributed by atoms with van der Waals surface area (Å²) in [5.41, 5.74) is 7.35. The molecule has 3 rings (SSSR count). The van der Waals surface area contributed by atoms with Crippen molar-refractivity contribution in [3.63, 3.8) is 0 Å². The third-order valence-corrected chi connectivity index (χ3v) is 5.58. The molecule has 0 amide bonds. The average Bonchev–Trinajstić information content (AvgIpc) is 2.82. The Morgan fingerprint density at radius 3 is 2.73 bits per heavy atom. The van der Waals surface area contributed by atoms with Crippen LogP contribution in [0.3, 0.4) is 0 Å². The van der Waals surface area contributed by atoms with E-state index in [9.17, 15) is 4.39 Å². The molecule has 0 fully saturated rings. The standard InChI is InChI=1S/C29H28FN3/c1-7-21(25-13-10-14-27(30)24(25)9-3)18-26-28(16-15-22-12-11-17-31-29(22)26)33(6)23(8-2)19-32-20(4)5/h3,7-8,10-14,17-19H,1,4,15-16H2,2,5-6H3/b21-18+,23-8+,32-19?. The van der Waals surface area contributed by atoms with Gasteiger partial charge in [0.1, 0.15) is 5.82 Å². The van der Waals surface area contributed by atoms with Crippen molar-refractivity contribution in [2.75, 3.05) is 7.05 Å². The molecule has 1 aromatic heterocycles. The number of rotatable bonds is 7. The van der Waals surface area contributed by atoms with Crippen molar-refractivity contribution in [1.82, 2.24) is 9.88 Å². The van der Waals surface area contributed by atoms with Gasteiger partial charge < -0.3 is 4.90 Å². The summed E-state index contributed by atoms with van der Waals surface area (Å²) >= 11 is 0. The van der Waals surface area contributed by atoms with E-state index in [-0.39, 0.29) is 5.56 Å². The molecule has 0 saturated heterocycles. The van der Waals surface area contributed by atoms with Crippen molar-refractivity contribution < 1.29 is 4.39 Å². The predicted molar refractivity (Wildman–Crippen MR) is 137 cm³/mol. The van der Waals surface area contributed by atoms with Gasteiger partial charge in [-0.1, -0.05) is 49.4 Å². The molecule has 2 aromatic rings. The highest BCUT2D eigenvalue weighted by molar-refractivity contribution is 5.91. The molecule has 0 spiro atoms. The summed E-state index contributed by atoms with van der Waals surface area (Å²) in [5.74, 6) is 2.06. The number of nitrogens with zero attached hydrogens (tertiary/aromatic N) is 3. The number of hydrogen-bond acceptors (Lipinski definition) is 3. The van der Waals surface area contributed by atoms with E-state index in [1.165, 1.54) is 11.6 Å². The van der Waals surface area contributed by atoms with Gasteiger partial charge in [-0.15, -0.1) is 6.42 Å². The summed E-state index contributed by atoms with van der Waals surface area (Å²) in [6.45, 7) is 11.7. The summed E-state index contributed by atoms with van der Waals surface area (Å²) in [6, 6.07) is 8.88. The topological polar surface area (TPSA) is 28.5 Å². The predicted octanol–water partition coefficient (Wildman–Crippen LogP) is 6.57. The Morgan fingerprint density at radius 2 is 2.06 bits per heavy atom. The second kappa shape index (κ2) is 10.6. The maximum absolute atomic E-state index is 14.4. The molecular formula is C29H28FN3. The van der Waals surface area contributed by atoms with E-state index in [2.05, 4.69) is 40.0 Å².